The third-order valence-corrected chi connectivity index (χ3v) is 4.14. The van der Waals surface area contributed by atoms with Crippen LogP contribution in [0.15, 0.2) is 42.6 Å². The maximum atomic E-state index is 12.0. The van der Waals surface area contributed by atoms with Crippen molar-refractivity contribution >= 4 is 12.0 Å². The van der Waals surface area contributed by atoms with E-state index < -0.39 is 0 Å². The molecule has 0 unspecified atom stereocenters. The van der Waals surface area contributed by atoms with Gasteiger partial charge in [0.15, 0.2) is 0 Å². The zero-order valence-corrected chi connectivity index (χ0v) is 13.3. The highest BCUT2D eigenvalue weighted by Gasteiger charge is 2.15. The van der Waals surface area contributed by atoms with E-state index in [4.69, 9.17) is 0 Å². The van der Waals surface area contributed by atoms with E-state index in [0.717, 1.165) is 36.3 Å². The summed E-state index contributed by atoms with van der Waals surface area (Å²) in [5.41, 5.74) is 5.75. The van der Waals surface area contributed by atoms with E-state index in [9.17, 15) is 4.79 Å². The molecule has 1 aromatic heterocycles. The Morgan fingerprint density at radius 3 is 3.00 bits per heavy atom. The van der Waals surface area contributed by atoms with Gasteiger partial charge in [0, 0.05) is 31.1 Å². The molecule has 1 aromatic carbocycles. The van der Waals surface area contributed by atoms with Gasteiger partial charge in [0.1, 0.15) is 0 Å². The second-order valence-corrected chi connectivity index (χ2v) is 5.71. The van der Waals surface area contributed by atoms with E-state index >= 15 is 0 Å². The summed E-state index contributed by atoms with van der Waals surface area (Å²) in [7, 11) is 0. The number of nitrogens with zero attached hydrogens (tertiary/aromatic N) is 1. The van der Waals surface area contributed by atoms with Gasteiger partial charge in [-0.15, -0.1) is 0 Å². The molecule has 2 heterocycles. The van der Waals surface area contributed by atoms with E-state index in [0.29, 0.717) is 6.54 Å². The van der Waals surface area contributed by atoms with E-state index in [1.165, 1.54) is 11.1 Å². The lowest BCUT2D eigenvalue weighted by Gasteiger charge is -2.21. The van der Waals surface area contributed by atoms with Crippen LogP contribution in [0.4, 0.5) is 0 Å². The Morgan fingerprint density at radius 2 is 2.17 bits per heavy atom. The molecule has 0 saturated heterocycles. The number of aromatic nitrogens is 1. The molecule has 0 atom stereocenters. The summed E-state index contributed by atoms with van der Waals surface area (Å²) < 4.78 is 0. The molecule has 1 aliphatic rings. The molecular weight excluding hydrogens is 286 g/mol. The lowest BCUT2D eigenvalue weighted by atomic mass is 9.96. The Hall–Kier alpha value is -2.46. The van der Waals surface area contributed by atoms with Crippen molar-refractivity contribution in [3.63, 3.8) is 0 Å². The van der Waals surface area contributed by atoms with Gasteiger partial charge in [0.05, 0.1) is 0 Å². The molecule has 2 N–H and O–H groups in total. The Bertz CT molecular complexity index is 723. The van der Waals surface area contributed by atoms with Crippen molar-refractivity contribution in [1.82, 2.24) is 15.6 Å². The van der Waals surface area contributed by atoms with E-state index in [1.807, 2.05) is 49.5 Å². The quantitative estimate of drug-likeness (QED) is 0.853. The second-order valence-electron chi connectivity index (χ2n) is 5.71. The van der Waals surface area contributed by atoms with Crippen LogP contribution in [0.1, 0.15) is 27.9 Å². The van der Waals surface area contributed by atoms with Gasteiger partial charge < -0.3 is 10.6 Å². The summed E-state index contributed by atoms with van der Waals surface area (Å²) in [6.07, 6.45) is 6.33. The maximum Gasteiger partial charge on any atom is 0.244 e. The number of rotatable bonds is 4. The molecule has 2 aromatic rings. The van der Waals surface area contributed by atoms with Crippen LogP contribution in [0.25, 0.3) is 6.08 Å². The van der Waals surface area contributed by atoms with Crippen LogP contribution in [-0.4, -0.2) is 17.4 Å². The number of carbonyl (C=O) groups excluding carboxylic acids is 1. The fourth-order valence-electron chi connectivity index (χ4n) is 2.85. The number of hydrogen-bond donors (Lipinski definition) is 2. The van der Waals surface area contributed by atoms with Crippen molar-refractivity contribution in [2.75, 3.05) is 6.54 Å². The number of fused-ring (bicyclic) bond motifs is 1. The lowest BCUT2D eigenvalue weighted by molar-refractivity contribution is -0.116. The van der Waals surface area contributed by atoms with Crippen molar-refractivity contribution < 1.29 is 4.79 Å². The third-order valence-electron chi connectivity index (χ3n) is 4.14. The Labute approximate surface area is 136 Å². The van der Waals surface area contributed by atoms with Crippen molar-refractivity contribution in [3.05, 3.63) is 70.6 Å². The van der Waals surface area contributed by atoms with Crippen molar-refractivity contribution in [2.45, 2.75) is 26.4 Å². The first-order chi connectivity index (χ1) is 11.2. The Balaban J connectivity index is 1.66. The van der Waals surface area contributed by atoms with Crippen LogP contribution >= 0.6 is 0 Å². The average Bonchev–Trinajstić information content (AvgIpc) is 2.60. The molecule has 1 aliphatic heterocycles. The molecule has 0 radical (unpaired) electrons. The fourth-order valence-corrected chi connectivity index (χ4v) is 2.85. The van der Waals surface area contributed by atoms with E-state index in [-0.39, 0.29) is 5.91 Å². The molecule has 23 heavy (non-hydrogen) atoms. The molecule has 1 amide bonds. The number of aryl methyl sites for hydroxylation is 1. The smallest absolute Gasteiger partial charge is 0.244 e. The first-order valence-corrected chi connectivity index (χ1v) is 7.92. The van der Waals surface area contributed by atoms with Gasteiger partial charge in [0.25, 0.3) is 0 Å². The summed E-state index contributed by atoms with van der Waals surface area (Å²) in [6.45, 7) is 4.37. The van der Waals surface area contributed by atoms with Gasteiger partial charge in [0.2, 0.25) is 5.91 Å². The van der Waals surface area contributed by atoms with Gasteiger partial charge >= 0.3 is 0 Å². The normalized spacial score (nSPS) is 13.8. The SMILES string of the molecule is Cc1ncc2c(c1CNC(=O)C=Cc1ccccc1)CCNC2. The summed E-state index contributed by atoms with van der Waals surface area (Å²) >= 11 is 0. The molecule has 4 heteroatoms. The molecule has 4 nitrogen and oxygen atoms in total. The van der Waals surface area contributed by atoms with Crippen LogP contribution in [0.3, 0.4) is 0 Å². The average molecular weight is 307 g/mol. The number of carbonyl (C=O) groups is 1. The fraction of sp³-hybridized carbons (Fsp3) is 0.263. The van der Waals surface area contributed by atoms with Gasteiger partial charge in [-0.3, -0.25) is 9.78 Å². The second kappa shape index (κ2) is 7.20. The molecule has 0 fully saturated rings. The minimum Gasteiger partial charge on any atom is -0.348 e. The Kier molecular flexibility index (Phi) is 4.83. The van der Waals surface area contributed by atoms with Gasteiger partial charge in [-0.2, -0.15) is 0 Å². The molecule has 118 valence electrons. The predicted molar refractivity (Wildman–Crippen MR) is 91.7 cm³/mol. The van der Waals surface area contributed by atoms with Crippen molar-refractivity contribution in [3.8, 4) is 0 Å². The number of hydrogen-bond acceptors (Lipinski definition) is 3. The number of benzene rings is 1. The number of pyridine rings is 1. The number of nitrogens with one attached hydrogen (secondary N) is 2. The van der Waals surface area contributed by atoms with E-state index in [2.05, 4.69) is 15.6 Å². The minimum absolute atomic E-state index is 0.0835. The van der Waals surface area contributed by atoms with Crippen LogP contribution < -0.4 is 10.6 Å². The van der Waals surface area contributed by atoms with Crippen LogP contribution in [-0.2, 0) is 24.3 Å². The summed E-state index contributed by atoms with van der Waals surface area (Å²) in [5, 5.41) is 6.33. The molecule has 0 aliphatic carbocycles. The van der Waals surface area contributed by atoms with Gasteiger partial charge in [-0.1, -0.05) is 30.3 Å². The Morgan fingerprint density at radius 1 is 1.35 bits per heavy atom. The maximum absolute atomic E-state index is 12.0. The van der Waals surface area contributed by atoms with Crippen molar-refractivity contribution in [2.24, 2.45) is 0 Å². The number of amides is 1. The predicted octanol–water partition coefficient (Wildman–Crippen LogP) is 2.37. The van der Waals surface area contributed by atoms with Crippen molar-refractivity contribution in [1.29, 1.82) is 0 Å². The largest absolute Gasteiger partial charge is 0.348 e. The monoisotopic (exact) mass is 307 g/mol. The topological polar surface area (TPSA) is 54.0 Å². The first kappa shape index (κ1) is 15.4. The first-order valence-electron chi connectivity index (χ1n) is 7.92. The zero-order valence-electron chi connectivity index (χ0n) is 13.3. The summed E-state index contributed by atoms with van der Waals surface area (Å²) in [5.74, 6) is -0.0835. The third kappa shape index (κ3) is 3.85. The highest BCUT2D eigenvalue weighted by molar-refractivity contribution is 5.91. The molecule has 0 spiro atoms. The molecule has 3 rings (SSSR count). The standard InChI is InChI=1S/C19H21N3O/c1-14-18(17-9-10-20-11-16(17)12-21-14)13-22-19(23)8-7-15-5-3-2-4-6-15/h2-8,12,20H,9-11,13H2,1H3,(H,22,23). The highest BCUT2D eigenvalue weighted by Crippen LogP contribution is 2.20. The minimum atomic E-state index is -0.0835. The van der Waals surface area contributed by atoms with Crippen LogP contribution in [0.5, 0.6) is 0 Å². The van der Waals surface area contributed by atoms with Crippen LogP contribution in [0, 0.1) is 6.92 Å². The summed E-state index contributed by atoms with van der Waals surface area (Å²) in [4.78, 5) is 16.5. The van der Waals surface area contributed by atoms with Gasteiger partial charge in [-0.05, 0) is 48.2 Å². The molecule has 0 saturated carbocycles. The zero-order chi connectivity index (χ0) is 16.1. The van der Waals surface area contributed by atoms with E-state index in [1.54, 1.807) is 6.08 Å². The molecule has 0 bridgehead atoms. The van der Waals surface area contributed by atoms with Gasteiger partial charge in [-0.25, -0.2) is 0 Å². The van der Waals surface area contributed by atoms with Crippen LogP contribution in [0.2, 0.25) is 0 Å². The summed E-state index contributed by atoms with van der Waals surface area (Å²) in [6, 6.07) is 9.81. The molecular formula is C19H21N3O. The lowest BCUT2D eigenvalue weighted by Crippen LogP contribution is -2.28. The highest BCUT2D eigenvalue weighted by atomic mass is 16.1.